The van der Waals surface area contributed by atoms with Crippen LogP contribution in [0.5, 0.6) is 0 Å². The maximum Gasteiger partial charge on any atom is 0.384 e. The third-order valence-corrected chi connectivity index (χ3v) is 1.63. The van der Waals surface area contributed by atoms with Crippen molar-refractivity contribution in [1.82, 2.24) is 4.98 Å². The maximum absolute atomic E-state index is 10.9. The van der Waals surface area contributed by atoms with E-state index in [1.54, 1.807) is 25.3 Å². The number of nitrogens with zero attached hydrogens (tertiary/aromatic N) is 1. The molecule has 3 nitrogen and oxygen atoms in total. The van der Waals surface area contributed by atoms with Crippen molar-refractivity contribution in [3.05, 3.63) is 29.0 Å². The third-order valence-electron chi connectivity index (χ3n) is 1.33. The molecule has 1 rings (SSSR count). The van der Waals surface area contributed by atoms with Crippen molar-refractivity contribution in [3.8, 4) is 11.8 Å². The van der Waals surface area contributed by atoms with E-state index < -0.39 is 5.97 Å². The number of ether oxygens (including phenoxy) is 1. The van der Waals surface area contributed by atoms with Gasteiger partial charge in [-0.2, -0.15) is 0 Å². The van der Waals surface area contributed by atoms with Gasteiger partial charge in [-0.1, -0.05) is 17.5 Å². The number of hydrogen-bond acceptors (Lipinski definition) is 3. The Balaban J connectivity index is 2.77. The lowest BCUT2D eigenvalue weighted by Gasteiger charge is -1.93. The van der Waals surface area contributed by atoms with E-state index in [0.717, 1.165) is 0 Å². The SMILES string of the molecule is CCOC(=O)C#Cc1cccnc1Cl. The fourth-order valence-corrected chi connectivity index (χ4v) is 0.931. The van der Waals surface area contributed by atoms with Crippen molar-refractivity contribution < 1.29 is 9.53 Å². The Morgan fingerprint density at radius 1 is 1.71 bits per heavy atom. The quantitative estimate of drug-likeness (QED) is 0.401. The van der Waals surface area contributed by atoms with Gasteiger partial charge >= 0.3 is 5.97 Å². The number of carbonyl (C=O) groups excluding carboxylic acids is 1. The Hall–Kier alpha value is -1.53. The van der Waals surface area contributed by atoms with Crippen molar-refractivity contribution in [2.75, 3.05) is 6.61 Å². The van der Waals surface area contributed by atoms with Gasteiger partial charge in [-0.05, 0) is 19.1 Å². The van der Waals surface area contributed by atoms with E-state index in [2.05, 4.69) is 21.6 Å². The Morgan fingerprint density at radius 3 is 3.14 bits per heavy atom. The maximum atomic E-state index is 10.9. The van der Waals surface area contributed by atoms with E-state index in [1.165, 1.54) is 0 Å². The molecule has 0 saturated heterocycles. The first-order valence-electron chi connectivity index (χ1n) is 4.03. The predicted octanol–water partition coefficient (Wildman–Crippen LogP) is 1.65. The van der Waals surface area contributed by atoms with Crippen LogP contribution in [0.3, 0.4) is 0 Å². The average molecular weight is 210 g/mol. The molecular formula is C10H8ClNO2. The molecule has 0 aliphatic carbocycles. The molecule has 0 fully saturated rings. The molecular weight excluding hydrogens is 202 g/mol. The van der Waals surface area contributed by atoms with Gasteiger partial charge in [0.25, 0.3) is 0 Å². The Bertz CT molecular complexity index is 393. The van der Waals surface area contributed by atoms with Crippen LogP contribution in [-0.2, 0) is 9.53 Å². The highest BCUT2D eigenvalue weighted by Gasteiger charge is 1.97. The van der Waals surface area contributed by atoms with E-state index in [-0.39, 0.29) is 5.15 Å². The minimum Gasteiger partial charge on any atom is -0.456 e. The molecule has 0 spiro atoms. The Morgan fingerprint density at radius 2 is 2.50 bits per heavy atom. The summed E-state index contributed by atoms with van der Waals surface area (Å²) in [6.45, 7) is 2.03. The van der Waals surface area contributed by atoms with E-state index in [9.17, 15) is 4.79 Å². The molecule has 0 N–H and O–H groups in total. The molecule has 0 aliphatic rings. The predicted molar refractivity (Wildman–Crippen MR) is 52.8 cm³/mol. The highest BCUT2D eigenvalue weighted by Crippen LogP contribution is 2.08. The van der Waals surface area contributed by atoms with Gasteiger partial charge in [0.05, 0.1) is 12.2 Å². The second-order valence-corrected chi connectivity index (χ2v) is 2.67. The van der Waals surface area contributed by atoms with Gasteiger partial charge in [-0.15, -0.1) is 0 Å². The van der Waals surface area contributed by atoms with Crippen LogP contribution in [0.15, 0.2) is 18.3 Å². The molecule has 4 heteroatoms. The lowest BCUT2D eigenvalue weighted by atomic mass is 10.3. The van der Waals surface area contributed by atoms with Crippen LogP contribution in [0, 0.1) is 11.8 Å². The highest BCUT2D eigenvalue weighted by molar-refractivity contribution is 6.30. The van der Waals surface area contributed by atoms with Gasteiger partial charge in [-0.3, -0.25) is 0 Å². The van der Waals surface area contributed by atoms with Crippen molar-refractivity contribution >= 4 is 17.6 Å². The molecule has 72 valence electrons. The fourth-order valence-electron chi connectivity index (χ4n) is 0.765. The van der Waals surface area contributed by atoms with E-state index >= 15 is 0 Å². The molecule has 14 heavy (non-hydrogen) atoms. The number of carbonyl (C=O) groups is 1. The van der Waals surface area contributed by atoms with E-state index in [0.29, 0.717) is 12.2 Å². The minimum absolute atomic E-state index is 0.282. The highest BCUT2D eigenvalue weighted by atomic mass is 35.5. The molecule has 1 aromatic heterocycles. The van der Waals surface area contributed by atoms with Crippen molar-refractivity contribution in [1.29, 1.82) is 0 Å². The first-order chi connectivity index (χ1) is 6.74. The van der Waals surface area contributed by atoms with Gasteiger partial charge in [-0.25, -0.2) is 9.78 Å². The van der Waals surface area contributed by atoms with Gasteiger partial charge in [0.2, 0.25) is 0 Å². The van der Waals surface area contributed by atoms with Crippen LogP contribution in [0.4, 0.5) is 0 Å². The third kappa shape index (κ3) is 3.08. The second-order valence-electron chi connectivity index (χ2n) is 2.31. The molecule has 0 aliphatic heterocycles. The molecule has 0 aromatic carbocycles. The normalized spacial score (nSPS) is 8.71. The summed E-state index contributed by atoms with van der Waals surface area (Å²) in [7, 11) is 0. The topological polar surface area (TPSA) is 39.2 Å². The zero-order valence-electron chi connectivity index (χ0n) is 7.58. The lowest BCUT2D eigenvalue weighted by molar-refractivity contribution is -0.136. The molecule has 0 bridgehead atoms. The van der Waals surface area contributed by atoms with Crippen LogP contribution < -0.4 is 0 Å². The lowest BCUT2D eigenvalue weighted by Crippen LogP contribution is -1.99. The van der Waals surface area contributed by atoms with Crippen molar-refractivity contribution in [3.63, 3.8) is 0 Å². The van der Waals surface area contributed by atoms with Crippen molar-refractivity contribution in [2.45, 2.75) is 6.92 Å². The number of pyridine rings is 1. The van der Waals surface area contributed by atoms with Crippen LogP contribution in [0.25, 0.3) is 0 Å². The first kappa shape index (κ1) is 10.6. The summed E-state index contributed by atoms with van der Waals surface area (Å²) in [5.41, 5.74) is 0.516. The molecule has 1 aromatic rings. The monoisotopic (exact) mass is 209 g/mol. The second kappa shape index (κ2) is 5.25. The minimum atomic E-state index is -0.563. The van der Waals surface area contributed by atoms with Gasteiger partial charge in [0.15, 0.2) is 0 Å². The smallest absolute Gasteiger partial charge is 0.384 e. The van der Waals surface area contributed by atoms with Gasteiger partial charge < -0.3 is 4.74 Å². The van der Waals surface area contributed by atoms with Crippen LogP contribution in [0.1, 0.15) is 12.5 Å². The summed E-state index contributed by atoms with van der Waals surface area (Å²) in [5.74, 6) is 4.32. The number of esters is 1. The summed E-state index contributed by atoms with van der Waals surface area (Å²) in [6.07, 6.45) is 1.55. The Kier molecular flexibility index (Phi) is 3.96. The molecule has 0 radical (unpaired) electrons. The average Bonchev–Trinajstić information content (AvgIpc) is 2.17. The van der Waals surface area contributed by atoms with Gasteiger partial charge in [0.1, 0.15) is 5.15 Å². The van der Waals surface area contributed by atoms with Crippen LogP contribution in [0.2, 0.25) is 5.15 Å². The summed E-state index contributed by atoms with van der Waals surface area (Å²) in [5, 5.41) is 0.282. The summed E-state index contributed by atoms with van der Waals surface area (Å²) in [4.78, 5) is 14.7. The Labute approximate surface area is 87.1 Å². The number of halogens is 1. The number of rotatable bonds is 1. The van der Waals surface area contributed by atoms with Crippen LogP contribution in [-0.4, -0.2) is 17.6 Å². The molecule has 0 unspecified atom stereocenters. The molecule has 0 saturated carbocycles. The fraction of sp³-hybridized carbons (Fsp3) is 0.200. The summed E-state index contributed by atoms with van der Waals surface area (Å²) < 4.78 is 4.63. The largest absolute Gasteiger partial charge is 0.456 e. The van der Waals surface area contributed by atoms with E-state index in [1.807, 2.05) is 0 Å². The summed E-state index contributed by atoms with van der Waals surface area (Å²) >= 11 is 5.72. The zero-order chi connectivity index (χ0) is 10.4. The van der Waals surface area contributed by atoms with Gasteiger partial charge in [0, 0.05) is 12.1 Å². The molecule has 0 amide bonds. The first-order valence-corrected chi connectivity index (χ1v) is 4.41. The molecule has 1 heterocycles. The van der Waals surface area contributed by atoms with Crippen molar-refractivity contribution in [2.24, 2.45) is 0 Å². The number of aromatic nitrogens is 1. The number of hydrogen-bond donors (Lipinski definition) is 0. The zero-order valence-corrected chi connectivity index (χ0v) is 8.34. The molecule has 0 atom stereocenters. The van der Waals surface area contributed by atoms with E-state index in [4.69, 9.17) is 11.6 Å². The standard InChI is InChI=1S/C10H8ClNO2/c1-2-14-9(13)6-5-8-4-3-7-12-10(8)11/h3-4,7H,2H2,1H3. The van der Waals surface area contributed by atoms with Crippen LogP contribution >= 0.6 is 11.6 Å². The summed E-state index contributed by atoms with van der Waals surface area (Å²) in [6, 6.07) is 3.38.